The van der Waals surface area contributed by atoms with Gasteiger partial charge in [-0.1, -0.05) is 0 Å². The lowest BCUT2D eigenvalue weighted by atomic mass is 9.85. The number of benzene rings is 1. The molecule has 1 aromatic heterocycles. The Kier molecular flexibility index (Phi) is 7.89. The number of carboxylic acid groups (broad SMARTS) is 1. The van der Waals surface area contributed by atoms with Gasteiger partial charge in [0.15, 0.2) is 17.1 Å². The smallest absolute Gasteiger partial charge is 0.299 e. The van der Waals surface area contributed by atoms with E-state index in [1.54, 1.807) is 0 Å². The molecule has 10 nitrogen and oxygen atoms in total. The van der Waals surface area contributed by atoms with Crippen LogP contribution in [0.4, 0.5) is 23.2 Å². The third kappa shape index (κ3) is 5.46. The van der Waals surface area contributed by atoms with E-state index in [1.807, 2.05) is 0 Å². The zero-order valence-electron chi connectivity index (χ0n) is 17.5. The molecule has 2 amide bonds. The highest BCUT2D eigenvalue weighted by Crippen LogP contribution is 2.44. The summed E-state index contributed by atoms with van der Waals surface area (Å²) in [6.45, 7) is -0.664. The number of rotatable bonds is 4. The van der Waals surface area contributed by atoms with Crippen molar-refractivity contribution in [2.45, 2.75) is 18.4 Å². The molecule has 0 spiro atoms. The van der Waals surface area contributed by atoms with Crippen LogP contribution in [0, 0.1) is 11.6 Å². The SMILES string of the molecule is CC1(c2cc(NC(=O)c3ncc(C(N)=O)cc3F)ccc2F)N=C(N)COCC1(F)F.O=CO. The molecule has 1 aromatic carbocycles. The van der Waals surface area contributed by atoms with Crippen LogP contribution in [0.5, 0.6) is 0 Å². The van der Waals surface area contributed by atoms with Crippen molar-refractivity contribution in [1.82, 2.24) is 4.98 Å². The number of alkyl halides is 2. The number of pyridine rings is 1. The van der Waals surface area contributed by atoms with Gasteiger partial charge in [-0.15, -0.1) is 0 Å². The van der Waals surface area contributed by atoms with E-state index in [-0.39, 0.29) is 30.2 Å². The molecule has 2 heterocycles. The lowest BCUT2D eigenvalue weighted by Gasteiger charge is -2.33. The van der Waals surface area contributed by atoms with Gasteiger partial charge >= 0.3 is 0 Å². The molecule has 1 atom stereocenters. The van der Waals surface area contributed by atoms with Crippen LogP contribution in [0.1, 0.15) is 33.3 Å². The zero-order chi connectivity index (χ0) is 25.7. The predicted octanol–water partition coefficient (Wildman–Crippen LogP) is 1.65. The van der Waals surface area contributed by atoms with Gasteiger partial charge in [-0.2, -0.15) is 0 Å². The van der Waals surface area contributed by atoms with Crippen LogP contribution in [0.2, 0.25) is 0 Å². The van der Waals surface area contributed by atoms with Crippen LogP contribution in [0.15, 0.2) is 35.5 Å². The maximum atomic E-state index is 14.7. The summed E-state index contributed by atoms with van der Waals surface area (Å²) in [5, 5.41) is 9.13. The topological polar surface area (TPSA) is 170 Å². The number of ether oxygens (including phenoxy) is 1. The second-order valence-electron chi connectivity index (χ2n) is 7.05. The number of amidine groups is 1. The molecule has 0 aliphatic carbocycles. The molecule has 3 rings (SSSR count). The standard InChI is InChI=1S/C19H17F4N5O3.CH2O2/c1-18(19(22,23)8-31-7-14(24)28-18)11-5-10(2-3-12(11)20)27-17(30)15-13(21)4-9(6-26-15)16(25)29;2-1-3/h2-6H,7-8H2,1H3,(H2,24,28)(H2,25,29)(H,27,30);1H,(H,2,3). The second kappa shape index (κ2) is 10.2. The normalized spacial score (nSPS) is 19.0. The Labute approximate surface area is 189 Å². The highest BCUT2D eigenvalue weighted by Gasteiger charge is 2.54. The number of nitrogens with zero attached hydrogens (tertiary/aromatic N) is 2. The molecule has 0 radical (unpaired) electrons. The van der Waals surface area contributed by atoms with E-state index in [9.17, 15) is 27.2 Å². The summed E-state index contributed by atoms with van der Waals surface area (Å²) in [7, 11) is 0. The van der Waals surface area contributed by atoms with E-state index >= 15 is 0 Å². The van der Waals surface area contributed by atoms with Gasteiger partial charge in [0.1, 0.15) is 24.9 Å². The van der Waals surface area contributed by atoms with Gasteiger partial charge in [-0.3, -0.25) is 19.4 Å². The van der Waals surface area contributed by atoms with Crippen molar-refractivity contribution < 1.29 is 41.8 Å². The first-order chi connectivity index (χ1) is 15.9. The summed E-state index contributed by atoms with van der Waals surface area (Å²) in [6, 6.07) is 3.61. The number of aliphatic imine (C=N–C) groups is 1. The molecule has 1 aliphatic heterocycles. The monoisotopic (exact) mass is 485 g/mol. The first-order valence-corrected chi connectivity index (χ1v) is 9.30. The minimum Gasteiger partial charge on any atom is -0.483 e. The number of halogens is 4. The lowest BCUT2D eigenvalue weighted by Crippen LogP contribution is -2.45. The third-order valence-electron chi connectivity index (χ3n) is 4.70. The molecule has 0 bridgehead atoms. The molecule has 34 heavy (non-hydrogen) atoms. The Bertz CT molecular complexity index is 1140. The van der Waals surface area contributed by atoms with E-state index < -0.39 is 52.8 Å². The molecule has 1 unspecified atom stereocenters. The Morgan fingerprint density at radius 2 is 1.88 bits per heavy atom. The maximum absolute atomic E-state index is 14.7. The minimum atomic E-state index is -3.63. The summed E-state index contributed by atoms with van der Waals surface area (Å²) in [6.07, 6.45) is 0.904. The number of anilines is 1. The van der Waals surface area contributed by atoms with Crippen molar-refractivity contribution in [3.63, 3.8) is 0 Å². The summed E-state index contributed by atoms with van der Waals surface area (Å²) >= 11 is 0. The second-order valence-corrected chi connectivity index (χ2v) is 7.05. The van der Waals surface area contributed by atoms with Crippen molar-refractivity contribution in [2.75, 3.05) is 18.5 Å². The van der Waals surface area contributed by atoms with Crippen LogP contribution in [-0.4, -0.2) is 53.3 Å². The molecule has 0 fully saturated rings. The van der Waals surface area contributed by atoms with E-state index in [0.717, 1.165) is 37.4 Å². The first-order valence-electron chi connectivity index (χ1n) is 9.30. The van der Waals surface area contributed by atoms with E-state index in [1.165, 1.54) is 0 Å². The fraction of sp³-hybridized carbons (Fsp3) is 0.250. The summed E-state index contributed by atoms with van der Waals surface area (Å²) in [5.41, 5.74) is 6.56. The third-order valence-corrected chi connectivity index (χ3v) is 4.70. The fourth-order valence-corrected chi connectivity index (χ4v) is 2.99. The molecule has 14 heteroatoms. The number of aromatic nitrogens is 1. The highest BCUT2D eigenvalue weighted by atomic mass is 19.3. The number of hydrogen-bond acceptors (Lipinski definition) is 7. The summed E-state index contributed by atoms with van der Waals surface area (Å²) < 4.78 is 62.9. The molecule has 0 saturated carbocycles. The number of primary amides is 1. The van der Waals surface area contributed by atoms with Gasteiger partial charge in [0.25, 0.3) is 18.3 Å². The number of nitrogens with one attached hydrogen (secondary N) is 1. The number of carbonyl (C=O) groups is 3. The van der Waals surface area contributed by atoms with Gasteiger partial charge in [0, 0.05) is 17.4 Å². The van der Waals surface area contributed by atoms with Crippen LogP contribution >= 0.6 is 0 Å². The van der Waals surface area contributed by atoms with Crippen molar-refractivity contribution in [1.29, 1.82) is 0 Å². The zero-order valence-corrected chi connectivity index (χ0v) is 17.5. The number of amides is 2. The van der Waals surface area contributed by atoms with Crippen molar-refractivity contribution in [3.8, 4) is 0 Å². The van der Waals surface area contributed by atoms with Gasteiger partial charge in [0.2, 0.25) is 5.91 Å². The Hall–Kier alpha value is -4.07. The largest absolute Gasteiger partial charge is 0.483 e. The molecule has 6 N–H and O–H groups in total. The molecule has 182 valence electrons. The van der Waals surface area contributed by atoms with E-state index in [4.69, 9.17) is 26.1 Å². The highest BCUT2D eigenvalue weighted by molar-refractivity contribution is 6.03. The van der Waals surface area contributed by atoms with Crippen LogP contribution in [-0.2, 0) is 15.1 Å². The molecule has 0 saturated heterocycles. The average molecular weight is 485 g/mol. The van der Waals surface area contributed by atoms with Gasteiger partial charge < -0.3 is 26.6 Å². The number of nitrogens with two attached hydrogens (primary N) is 2. The maximum Gasteiger partial charge on any atom is 0.299 e. The Morgan fingerprint density at radius 1 is 1.24 bits per heavy atom. The molecular formula is C20H19F4N5O5. The van der Waals surface area contributed by atoms with Crippen molar-refractivity contribution in [2.24, 2.45) is 16.5 Å². The van der Waals surface area contributed by atoms with Crippen LogP contribution < -0.4 is 16.8 Å². The van der Waals surface area contributed by atoms with Crippen molar-refractivity contribution >= 4 is 29.8 Å². The van der Waals surface area contributed by atoms with Gasteiger partial charge in [0.05, 0.1) is 5.56 Å². The fourth-order valence-electron chi connectivity index (χ4n) is 2.99. The summed E-state index contributed by atoms with van der Waals surface area (Å²) in [5.74, 6) is -8.04. The van der Waals surface area contributed by atoms with Crippen LogP contribution in [0.3, 0.4) is 0 Å². The number of carbonyl (C=O) groups excluding carboxylic acids is 2. The first kappa shape index (κ1) is 26.2. The van der Waals surface area contributed by atoms with E-state index in [2.05, 4.69) is 15.3 Å². The molecule has 2 aromatic rings. The minimum absolute atomic E-state index is 0.127. The van der Waals surface area contributed by atoms with Crippen LogP contribution in [0.25, 0.3) is 0 Å². The molecular weight excluding hydrogens is 466 g/mol. The predicted molar refractivity (Wildman–Crippen MR) is 110 cm³/mol. The Morgan fingerprint density at radius 3 is 2.47 bits per heavy atom. The van der Waals surface area contributed by atoms with E-state index in [0.29, 0.717) is 0 Å². The Balaban J connectivity index is 0.00000129. The number of hydrogen-bond donors (Lipinski definition) is 4. The van der Waals surface area contributed by atoms with Crippen molar-refractivity contribution in [3.05, 3.63) is 58.9 Å². The quantitative estimate of drug-likeness (QED) is 0.377. The summed E-state index contributed by atoms with van der Waals surface area (Å²) in [4.78, 5) is 39.1. The molecule has 1 aliphatic rings. The van der Waals surface area contributed by atoms with Gasteiger partial charge in [-0.25, -0.2) is 22.5 Å². The average Bonchev–Trinajstić information content (AvgIpc) is 2.84. The van der Waals surface area contributed by atoms with Gasteiger partial charge in [-0.05, 0) is 31.2 Å². The lowest BCUT2D eigenvalue weighted by molar-refractivity contribution is -0.122.